The first-order valence-corrected chi connectivity index (χ1v) is 11.4. The van der Waals surface area contributed by atoms with Crippen molar-refractivity contribution in [1.29, 1.82) is 0 Å². The van der Waals surface area contributed by atoms with Gasteiger partial charge in [-0.25, -0.2) is 0 Å². The van der Waals surface area contributed by atoms with Crippen LogP contribution in [0.25, 0.3) is 11.4 Å². The Morgan fingerprint density at radius 3 is 2.60 bits per heavy atom. The molecule has 30 heavy (non-hydrogen) atoms. The van der Waals surface area contributed by atoms with Gasteiger partial charge in [0.15, 0.2) is 11.0 Å². The largest absolute Gasteiger partial charge is 0.497 e. The van der Waals surface area contributed by atoms with Crippen molar-refractivity contribution in [2.45, 2.75) is 38.9 Å². The van der Waals surface area contributed by atoms with Gasteiger partial charge in [0.1, 0.15) is 11.5 Å². The lowest BCUT2D eigenvalue weighted by atomic mass is 10.1. The van der Waals surface area contributed by atoms with Crippen molar-refractivity contribution in [3.8, 4) is 22.9 Å². The summed E-state index contributed by atoms with van der Waals surface area (Å²) in [4.78, 5) is 13.9. The van der Waals surface area contributed by atoms with E-state index in [0.717, 1.165) is 16.5 Å². The van der Waals surface area contributed by atoms with Gasteiger partial charge in [-0.15, -0.1) is 21.5 Å². The monoisotopic (exact) mass is 446 g/mol. The van der Waals surface area contributed by atoms with Gasteiger partial charge in [0.05, 0.1) is 25.7 Å². The maximum atomic E-state index is 12.6. The number of carbonyl (C=O) groups is 1. The summed E-state index contributed by atoms with van der Waals surface area (Å²) in [7, 11) is 3.14. The van der Waals surface area contributed by atoms with E-state index in [2.05, 4.69) is 53.2 Å². The van der Waals surface area contributed by atoms with E-state index in [9.17, 15) is 4.79 Å². The molecule has 1 aromatic carbocycles. The van der Waals surface area contributed by atoms with Crippen LogP contribution in [0.15, 0.2) is 28.7 Å². The lowest BCUT2D eigenvalue weighted by molar-refractivity contribution is -0.113. The number of hydrogen-bond acceptors (Lipinski definition) is 7. The average Bonchev–Trinajstić information content (AvgIpc) is 3.29. The molecule has 0 aliphatic heterocycles. The molecular formula is C21H26N4O3S2. The third kappa shape index (κ3) is 4.62. The highest BCUT2D eigenvalue weighted by Crippen LogP contribution is 2.34. The van der Waals surface area contributed by atoms with Gasteiger partial charge in [-0.1, -0.05) is 11.8 Å². The molecule has 0 saturated heterocycles. The molecule has 160 valence electrons. The zero-order valence-corrected chi connectivity index (χ0v) is 19.6. The number of methoxy groups -OCH3 is 2. The van der Waals surface area contributed by atoms with E-state index in [4.69, 9.17) is 9.47 Å². The number of nitrogens with one attached hydrogen (secondary N) is 1. The van der Waals surface area contributed by atoms with Crippen molar-refractivity contribution in [2.24, 2.45) is 0 Å². The van der Waals surface area contributed by atoms with E-state index >= 15 is 0 Å². The van der Waals surface area contributed by atoms with Crippen LogP contribution in [0.5, 0.6) is 11.5 Å². The second kappa shape index (κ2) is 9.53. The lowest BCUT2D eigenvalue weighted by Gasteiger charge is -2.14. The van der Waals surface area contributed by atoms with Crippen LogP contribution in [0.1, 0.15) is 30.3 Å². The Hall–Kier alpha value is -2.52. The maximum absolute atomic E-state index is 12.6. The fraction of sp³-hybridized carbons (Fsp3) is 0.381. The molecule has 0 unspecified atom stereocenters. The normalized spacial score (nSPS) is 11.0. The number of nitrogens with zero attached hydrogens (tertiary/aromatic N) is 3. The minimum absolute atomic E-state index is 0.158. The molecule has 2 aromatic heterocycles. The summed E-state index contributed by atoms with van der Waals surface area (Å²) in [6, 6.07) is 5.44. The van der Waals surface area contributed by atoms with Crippen LogP contribution in [0.4, 0.5) is 5.69 Å². The molecule has 1 N–H and O–H groups in total. The molecule has 0 spiro atoms. The minimum Gasteiger partial charge on any atom is -0.497 e. The first-order valence-electron chi connectivity index (χ1n) is 9.50. The molecule has 0 atom stereocenters. The Morgan fingerprint density at radius 1 is 1.23 bits per heavy atom. The zero-order chi connectivity index (χ0) is 21.8. The third-order valence-corrected chi connectivity index (χ3v) is 6.68. The number of aryl methyl sites for hydroxylation is 1. The van der Waals surface area contributed by atoms with Gasteiger partial charge in [0.2, 0.25) is 5.91 Å². The van der Waals surface area contributed by atoms with Crippen LogP contribution < -0.4 is 14.8 Å². The van der Waals surface area contributed by atoms with Crippen LogP contribution in [-0.4, -0.2) is 40.6 Å². The fourth-order valence-electron chi connectivity index (χ4n) is 2.99. The van der Waals surface area contributed by atoms with E-state index in [1.165, 1.54) is 22.2 Å². The quantitative estimate of drug-likeness (QED) is 0.493. The van der Waals surface area contributed by atoms with Gasteiger partial charge < -0.3 is 14.8 Å². The van der Waals surface area contributed by atoms with Crippen molar-refractivity contribution >= 4 is 34.7 Å². The highest BCUT2D eigenvalue weighted by atomic mass is 32.2. The van der Waals surface area contributed by atoms with Crippen molar-refractivity contribution in [1.82, 2.24) is 14.8 Å². The van der Waals surface area contributed by atoms with Crippen LogP contribution in [0.2, 0.25) is 0 Å². The van der Waals surface area contributed by atoms with Gasteiger partial charge in [0.25, 0.3) is 0 Å². The van der Waals surface area contributed by atoms with Crippen LogP contribution in [-0.2, 0) is 4.79 Å². The molecule has 0 aliphatic carbocycles. The molecule has 1 amide bonds. The molecule has 0 aliphatic rings. The number of aromatic nitrogens is 3. The number of amides is 1. The number of carbonyl (C=O) groups excluding carboxylic acids is 1. The Kier molecular flexibility index (Phi) is 7.04. The van der Waals surface area contributed by atoms with Crippen molar-refractivity contribution in [3.63, 3.8) is 0 Å². The summed E-state index contributed by atoms with van der Waals surface area (Å²) in [5, 5.41) is 14.5. The summed E-state index contributed by atoms with van der Waals surface area (Å²) in [5.41, 5.74) is 2.88. The predicted molar refractivity (Wildman–Crippen MR) is 122 cm³/mol. The molecule has 0 fully saturated rings. The average molecular weight is 447 g/mol. The zero-order valence-electron chi connectivity index (χ0n) is 18.0. The molecule has 2 heterocycles. The van der Waals surface area contributed by atoms with Gasteiger partial charge >= 0.3 is 0 Å². The van der Waals surface area contributed by atoms with Crippen molar-refractivity contribution in [2.75, 3.05) is 25.3 Å². The molecule has 9 heteroatoms. The fourth-order valence-corrected chi connectivity index (χ4v) is 4.72. The number of anilines is 1. The topological polar surface area (TPSA) is 78.3 Å². The highest BCUT2D eigenvalue weighted by Gasteiger charge is 2.20. The van der Waals surface area contributed by atoms with Gasteiger partial charge in [0, 0.05) is 27.9 Å². The van der Waals surface area contributed by atoms with E-state index in [0.29, 0.717) is 17.2 Å². The molecular weight excluding hydrogens is 420 g/mol. The number of thiophene rings is 1. The third-order valence-electron chi connectivity index (χ3n) is 4.72. The second-order valence-electron chi connectivity index (χ2n) is 7.00. The highest BCUT2D eigenvalue weighted by molar-refractivity contribution is 7.99. The number of rotatable bonds is 8. The van der Waals surface area contributed by atoms with Crippen LogP contribution >= 0.6 is 23.1 Å². The Labute approximate surface area is 184 Å². The van der Waals surface area contributed by atoms with E-state index < -0.39 is 0 Å². The SMILES string of the molecule is COc1ccc(OC)c(NC(=O)CSc2nnc(-c3csc(C)c3C)n2C(C)C)c1. The first kappa shape index (κ1) is 22.2. The molecule has 3 rings (SSSR count). The Morgan fingerprint density at radius 2 is 2.00 bits per heavy atom. The van der Waals surface area contributed by atoms with Crippen LogP contribution in [0.3, 0.4) is 0 Å². The standard InChI is InChI=1S/C21H26N4O3S2/c1-12(2)25-20(16-10-29-14(4)13(16)3)23-24-21(25)30-11-19(26)22-17-9-15(27-5)7-8-18(17)28-6/h7-10,12H,11H2,1-6H3,(H,22,26). The summed E-state index contributed by atoms with van der Waals surface area (Å²) in [6.45, 7) is 8.38. The van der Waals surface area contributed by atoms with Crippen LogP contribution in [0, 0.1) is 13.8 Å². The molecule has 0 bridgehead atoms. The number of benzene rings is 1. The number of ether oxygens (including phenoxy) is 2. The summed E-state index contributed by atoms with van der Waals surface area (Å²) in [5.74, 6) is 2.10. The Bertz CT molecular complexity index is 1040. The van der Waals surface area contributed by atoms with Gasteiger partial charge in [-0.2, -0.15) is 0 Å². The maximum Gasteiger partial charge on any atom is 0.234 e. The Balaban J connectivity index is 1.76. The summed E-state index contributed by atoms with van der Waals surface area (Å²) < 4.78 is 12.6. The number of hydrogen-bond donors (Lipinski definition) is 1. The van der Waals surface area contributed by atoms with E-state index in [-0.39, 0.29) is 17.7 Å². The molecule has 0 radical (unpaired) electrons. The van der Waals surface area contributed by atoms with Gasteiger partial charge in [-0.05, 0) is 45.4 Å². The molecule has 3 aromatic rings. The lowest BCUT2D eigenvalue weighted by Crippen LogP contribution is -2.15. The summed E-state index contributed by atoms with van der Waals surface area (Å²) in [6.07, 6.45) is 0. The minimum atomic E-state index is -0.158. The number of thioether (sulfide) groups is 1. The van der Waals surface area contributed by atoms with Crippen molar-refractivity contribution < 1.29 is 14.3 Å². The predicted octanol–water partition coefficient (Wildman–Crippen LogP) is 4.95. The smallest absolute Gasteiger partial charge is 0.234 e. The second-order valence-corrected chi connectivity index (χ2v) is 9.03. The van der Waals surface area contributed by atoms with E-state index in [1.54, 1.807) is 43.8 Å². The van der Waals surface area contributed by atoms with Gasteiger partial charge in [-0.3, -0.25) is 9.36 Å². The first-order chi connectivity index (χ1) is 14.3. The molecule has 7 nitrogen and oxygen atoms in total. The van der Waals surface area contributed by atoms with E-state index in [1.807, 2.05) is 0 Å². The molecule has 0 saturated carbocycles. The summed E-state index contributed by atoms with van der Waals surface area (Å²) >= 11 is 3.07. The van der Waals surface area contributed by atoms with Crippen molar-refractivity contribution in [3.05, 3.63) is 34.0 Å².